The van der Waals surface area contributed by atoms with Gasteiger partial charge in [0.05, 0.1) is 11.0 Å². The molecular formula is C16H28ClN3O3S. The third-order valence-electron chi connectivity index (χ3n) is 5.19. The Balaban J connectivity index is 0.00000208. The van der Waals surface area contributed by atoms with Crippen molar-refractivity contribution in [2.45, 2.75) is 56.0 Å². The number of rotatable bonds is 5. The third-order valence-corrected chi connectivity index (χ3v) is 6.69. The van der Waals surface area contributed by atoms with Crippen LogP contribution < -0.4 is 5.73 Å². The van der Waals surface area contributed by atoms with Gasteiger partial charge in [-0.25, -0.2) is 0 Å². The molecule has 0 aromatic carbocycles. The van der Waals surface area contributed by atoms with Crippen molar-refractivity contribution in [3.05, 3.63) is 0 Å². The number of piperidine rings is 1. The summed E-state index contributed by atoms with van der Waals surface area (Å²) in [5.74, 6) is 0.987. The van der Waals surface area contributed by atoms with Gasteiger partial charge in [0.2, 0.25) is 11.8 Å². The van der Waals surface area contributed by atoms with Crippen LogP contribution in [0.3, 0.4) is 0 Å². The number of halogens is 1. The lowest BCUT2D eigenvalue weighted by atomic mass is 10.1. The van der Waals surface area contributed by atoms with E-state index < -0.39 is 0 Å². The Labute approximate surface area is 154 Å². The fraction of sp³-hybridized carbons (Fsp3) is 0.875. The van der Waals surface area contributed by atoms with Gasteiger partial charge in [0.15, 0.2) is 0 Å². The van der Waals surface area contributed by atoms with Crippen molar-refractivity contribution in [3.8, 4) is 0 Å². The number of nitrogens with two attached hydrogens (primary N) is 1. The Morgan fingerprint density at radius 2 is 2.12 bits per heavy atom. The van der Waals surface area contributed by atoms with E-state index in [9.17, 15) is 9.59 Å². The Kier molecular flexibility index (Phi) is 6.82. The fourth-order valence-corrected chi connectivity index (χ4v) is 5.21. The molecule has 138 valence electrons. The van der Waals surface area contributed by atoms with E-state index in [0.29, 0.717) is 19.6 Å². The van der Waals surface area contributed by atoms with E-state index in [1.807, 2.05) is 9.80 Å². The number of fused-ring (bicyclic) bond motifs is 1. The van der Waals surface area contributed by atoms with Gasteiger partial charge in [-0.1, -0.05) is 0 Å². The van der Waals surface area contributed by atoms with Crippen molar-refractivity contribution in [2.75, 3.05) is 32.0 Å². The zero-order valence-electron chi connectivity index (χ0n) is 14.2. The van der Waals surface area contributed by atoms with Gasteiger partial charge in [-0.15, -0.1) is 24.2 Å². The normalized spacial score (nSPS) is 30.4. The first-order valence-electron chi connectivity index (χ1n) is 8.62. The van der Waals surface area contributed by atoms with Crippen molar-refractivity contribution < 1.29 is 14.3 Å². The minimum Gasteiger partial charge on any atom is -0.378 e. The summed E-state index contributed by atoms with van der Waals surface area (Å²) in [4.78, 5) is 28.6. The predicted molar refractivity (Wildman–Crippen MR) is 97.2 cm³/mol. The van der Waals surface area contributed by atoms with Gasteiger partial charge >= 0.3 is 0 Å². The monoisotopic (exact) mass is 377 g/mol. The minimum absolute atomic E-state index is 0. The predicted octanol–water partition coefficient (Wildman–Crippen LogP) is 1.22. The van der Waals surface area contributed by atoms with Crippen LogP contribution in [0.2, 0.25) is 0 Å². The summed E-state index contributed by atoms with van der Waals surface area (Å²) < 4.78 is 5.79. The number of amides is 2. The zero-order valence-corrected chi connectivity index (χ0v) is 15.9. The van der Waals surface area contributed by atoms with Gasteiger partial charge in [-0.2, -0.15) is 0 Å². The maximum Gasteiger partial charge on any atom is 0.246 e. The van der Waals surface area contributed by atoms with Gasteiger partial charge in [-0.05, 0) is 39.2 Å². The first-order valence-corrected chi connectivity index (χ1v) is 9.60. The van der Waals surface area contributed by atoms with Crippen LogP contribution in [-0.4, -0.2) is 70.6 Å². The highest BCUT2D eigenvalue weighted by atomic mass is 35.5. The Hall–Kier alpha value is -0.500. The van der Waals surface area contributed by atoms with E-state index in [0.717, 1.165) is 44.5 Å². The number of carbonyl (C=O) groups excluding carboxylic acids is 2. The van der Waals surface area contributed by atoms with E-state index in [1.54, 1.807) is 11.8 Å². The lowest BCUT2D eigenvalue weighted by Gasteiger charge is -2.36. The van der Waals surface area contributed by atoms with Crippen LogP contribution >= 0.6 is 24.2 Å². The Morgan fingerprint density at radius 3 is 2.79 bits per heavy atom. The third kappa shape index (κ3) is 3.84. The molecule has 3 rings (SSSR count). The molecule has 2 unspecified atom stereocenters. The van der Waals surface area contributed by atoms with Crippen molar-refractivity contribution in [3.63, 3.8) is 0 Å². The second kappa shape index (κ2) is 8.25. The second-order valence-corrected chi connectivity index (χ2v) is 8.30. The maximum absolute atomic E-state index is 12.9. The molecule has 8 heteroatoms. The summed E-state index contributed by atoms with van der Waals surface area (Å²) in [6.07, 6.45) is 4.31. The molecule has 3 heterocycles. The van der Waals surface area contributed by atoms with Gasteiger partial charge in [-0.3, -0.25) is 9.59 Å². The maximum atomic E-state index is 12.9. The van der Waals surface area contributed by atoms with Crippen molar-refractivity contribution in [1.82, 2.24) is 9.80 Å². The smallest absolute Gasteiger partial charge is 0.246 e. The molecule has 0 spiro atoms. The molecule has 2 N–H and O–H groups in total. The molecule has 3 fully saturated rings. The molecule has 3 saturated heterocycles. The quantitative estimate of drug-likeness (QED) is 0.729. The number of likely N-dealkylation sites (tertiary alicyclic amines) is 1. The topological polar surface area (TPSA) is 75.9 Å². The number of hydrogen-bond donors (Lipinski definition) is 1. The van der Waals surface area contributed by atoms with E-state index in [4.69, 9.17) is 10.5 Å². The summed E-state index contributed by atoms with van der Waals surface area (Å²) in [6, 6.07) is -0.269. The number of nitrogens with zero attached hydrogens (tertiary/aromatic N) is 2. The van der Waals surface area contributed by atoms with Crippen LogP contribution in [0.25, 0.3) is 0 Å². The van der Waals surface area contributed by atoms with Crippen LogP contribution in [0.4, 0.5) is 0 Å². The highest BCUT2D eigenvalue weighted by Gasteiger charge is 2.53. The minimum atomic E-state index is -0.269. The van der Waals surface area contributed by atoms with Crippen molar-refractivity contribution in [1.29, 1.82) is 0 Å². The molecule has 0 aliphatic carbocycles. The van der Waals surface area contributed by atoms with Crippen LogP contribution in [0, 0.1) is 0 Å². The molecular weight excluding hydrogens is 350 g/mol. The average molecular weight is 378 g/mol. The summed E-state index contributed by atoms with van der Waals surface area (Å²) in [5.41, 5.74) is 5.47. The molecule has 6 nitrogen and oxygen atoms in total. The molecule has 0 saturated carbocycles. The fourth-order valence-electron chi connectivity index (χ4n) is 3.79. The van der Waals surface area contributed by atoms with Crippen molar-refractivity contribution in [2.24, 2.45) is 5.73 Å². The van der Waals surface area contributed by atoms with Gasteiger partial charge in [0.25, 0.3) is 0 Å². The lowest BCUT2D eigenvalue weighted by molar-refractivity contribution is -0.145. The van der Waals surface area contributed by atoms with Crippen LogP contribution in [0.1, 0.15) is 39.0 Å². The van der Waals surface area contributed by atoms with Gasteiger partial charge in [0.1, 0.15) is 6.04 Å². The lowest BCUT2D eigenvalue weighted by Crippen LogP contribution is -2.53. The summed E-state index contributed by atoms with van der Waals surface area (Å²) in [6.45, 7) is 4.90. The first kappa shape index (κ1) is 19.8. The second-order valence-electron chi connectivity index (χ2n) is 6.80. The average Bonchev–Trinajstić information content (AvgIpc) is 3.04. The summed E-state index contributed by atoms with van der Waals surface area (Å²) >= 11 is 1.75. The highest BCUT2D eigenvalue weighted by molar-refractivity contribution is 8.01. The number of hydrogen-bond acceptors (Lipinski definition) is 5. The Bertz CT molecular complexity index is 473. The molecule has 2 amide bonds. The highest BCUT2D eigenvalue weighted by Crippen LogP contribution is 2.47. The van der Waals surface area contributed by atoms with Gasteiger partial charge in [0, 0.05) is 31.9 Å². The van der Waals surface area contributed by atoms with E-state index in [2.05, 4.69) is 6.92 Å². The van der Waals surface area contributed by atoms with Crippen LogP contribution in [0.15, 0.2) is 0 Å². The molecule has 3 aliphatic rings. The molecule has 2 atom stereocenters. The first-order chi connectivity index (χ1) is 11.0. The Morgan fingerprint density at radius 1 is 1.42 bits per heavy atom. The molecule has 0 radical (unpaired) electrons. The van der Waals surface area contributed by atoms with E-state index in [-0.39, 0.29) is 41.2 Å². The molecule has 3 aliphatic heterocycles. The largest absolute Gasteiger partial charge is 0.378 e. The molecule has 24 heavy (non-hydrogen) atoms. The zero-order chi connectivity index (χ0) is 16.4. The summed E-state index contributed by atoms with van der Waals surface area (Å²) in [5, 5.41) is 0. The molecule has 0 aromatic heterocycles. The van der Waals surface area contributed by atoms with E-state index >= 15 is 0 Å². The SMILES string of the molecule is CC12CCC(=O)N1C(C(=O)N1CCC(OCCCN)CC1)CS2.Cl. The van der Waals surface area contributed by atoms with E-state index in [1.165, 1.54) is 0 Å². The molecule has 0 aromatic rings. The standard InChI is InChI=1S/C16H27N3O3S.ClH/c1-16-6-3-14(20)19(16)13(11-23-16)15(21)18-8-4-12(5-9-18)22-10-2-7-17;/h12-13H,2-11,17H2,1H3;1H. The molecule has 0 bridgehead atoms. The van der Waals surface area contributed by atoms with Crippen LogP contribution in [0.5, 0.6) is 0 Å². The summed E-state index contributed by atoms with van der Waals surface area (Å²) in [7, 11) is 0. The van der Waals surface area contributed by atoms with Crippen molar-refractivity contribution >= 4 is 36.0 Å². The van der Waals surface area contributed by atoms with Crippen LogP contribution in [-0.2, 0) is 14.3 Å². The number of ether oxygens (including phenoxy) is 1. The van der Waals surface area contributed by atoms with Gasteiger partial charge < -0.3 is 20.3 Å². The number of carbonyl (C=O) groups is 2. The number of thioether (sulfide) groups is 1.